The Morgan fingerprint density at radius 1 is 1.30 bits per heavy atom. The van der Waals surface area contributed by atoms with E-state index in [1.807, 2.05) is 0 Å². The Morgan fingerprint density at radius 2 is 2.07 bits per heavy atom. The van der Waals surface area contributed by atoms with Gasteiger partial charge in [0.1, 0.15) is 5.78 Å². The summed E-state index contributed by atoms with van der Waals surface area (Å²) in [7, 11) is 0. The average molecular weight is 380 g/mol. The normalized spacial score (nSPS) is 17.8. The number of benzene rings is 1. The van der Waals surface area contributed by atoms with E-state index in [0.29, 0.717) is 18.7 Å². The summed E-state index contributed by atoms with van der Waals surface area (Å²) < 4.78 is 39.7. The Hall–Kier alpha value is -2.71. The molecule has 1 atom stereocenters. The maximum absolute atomic E-state index is 12.8. The van der Waals surface area contributed by atoms with E-state index in [9.17, 15) is 22.8 Å². The molecule has 0 saturated carbocycles. The van der Waals surface area contributed by atoms with E-state index in [4.69, 9.17) is 0 Å². The van der Waals surface area contributed by atoms with Crippen LogP contribution >= 0.6 is 0 Å². The zero-order chi connectivity index (χ0) is 19.6. The van der Waals surface area contributed by atoms with E-state index in [2.05, 4.69) is 10.3 Å². The van der Waals surface area contributed by atoms with Crippen molar-refractivity contribution >= 4 is 11.7 Å². The second-order valence-corrected chi connectivity index (χ2v) is 6.70. The van der Waals surface area contributed by atoms with E-state index in [1.54, 1.807) is 11.0 Å². The summed E-state index contributed by atoms with van der Waals surface area (Å²) in [5.74, 6) is -0.431. The zero-order valence-corrected chi connectivity index (χ0v) is 14.7. The van der Waals surface area contributed by atoms with Gasteiger partial charge in [-0.1, -0.05) is 17.3 Å². The number of rotatable bonds is 4. The summed E-state index contributed by atoms with van der Waals surface area (Å²) >= 11 is 0. The molecule has 1 aromatic carbocycles. The van der Waals surface area contributed by atoms with Crippen molar-refractivity contribution in [2.45, 2.75) is 32.5 Å². The first-order valence-corrected chi connectivity index (χ1v) is 8.60. The predicted octanol–water partition coefficient (Wildman–Crippen LogP) is 2.79. The second kappa shape index (κ2) is 7.50. The van der Waals surface area contributed by atoms with Crippen molar-refractivity contribution in [2.24, 2.45) is 5.92 Å². The van der Waals surface area contributed by atoms with Crippen LogP contribution in [0.4, 0.5) is 13.2 Å². The van der Waals surface area contributed by atoms with Crippen LogP contribution in [-0.4, -0.2) is 44.7 Å². The molecule has 0 radical (unpaired) electrons. The minimum Gasteiger partial charge on any atom is -0.336 e. The van der Waals surface area contributed by atoms with Crippen molar-refractivity contribution in [3.63, 3.8) is 0 Å². The molecular formula is C18H19F3N4O2. The van der Waals surface area contributed by atoms with E-state index in [1.165, 1.54) is 23.9 Å². The van der Waals surface area contributed by atoms with Crippen LogP contribution in [0.2, 0.25) is 0 Å². The molecule has 1 aromatic heterocycles. The summed E-state index contributed by atoms with van der Waals surface area (Å²) in [6.45, 7) is 2.49. The number of hydrogen-bond donors (Lipinski definition) is 0. The highest BCUT2D eigenvalue weighted by molar-refractivity contribution is 5.92. The van der Waals surface area contributed by atoms with Gasteiger partial charge >= 0.3 is 6.18 Å². The van der Waals surface area contributed by atoms with Crippen LogP contribution < -0.4 is 0 Å². The molecule has 0 bridgehead atoms. The van der Waals surface area contributed by atoms with E-state index in [0.717, 1.165) is 25.0 Å². The van der Waals surface area contributed by atoms with Gasteiger partial charge in [0, 0.05) is 19.0 Å². The lowest BCUT2D eigenvalue weighted by atomic mass is 9.94. The molecule has 2 aromatic rings. The maximum Gasteiger partial charge on any atom is 0.416 e. The molecule has 0 unspecified atom stereocenters. The van der Waals surface area contributed by atoms with Crippen molar-refractivity contribution in [2.75, 3.05) is 13.1 Å². The first-order valence-electron chi connectivity index (χ1n) is 8.60. The van der Waals surface area contributed by atoms with Gasteiger partial charge in [-0.3, -0.25) is 9.59 Å². The van der Waals surface area contributed by atoms with Gasteiger partial charge in [0.25, 0.3) is 5.91 Å². The third kappa shape index (κ3) is 4.53. The Morgan fingerprint density at radius 3 is 2.78 bits per heavy atom. The fraction of sp³-hybridized carbons (Fsp3) is 0.444. The van der Waals surface area contributed by atoms with Gasteiger partial charge in [-0.15, -0.1) is 5.10 Å². The maximum atomic E-state index is 12.8. The number of carbonyl (C=O) groups excluding carboxylic acids is 2. The number of amides is 1. The van der Waals surface area contributed by atoms with Crippen LogP contribution in [-0.2, 0) is 17.5 Å². The van der Waals surface area contributed by atoms with Gasteiger partial charge in [0.05, 0.1) is 18.3 Å². The van der Waals surface area contributed by atoms with Crippen molar-refractivity contribution in [1.82, 2.24) is 19.9 Å². The van der Waals surface area contributed by atoms with Crippen molar-refractivity contribution in [3.05, 3.63) is 47.3 Å². The van der Waals surface area contributed by atoms with Crippen LogP contribution in [0.25, 0.3) is 0 Å². The Bertz CT molecular complexity index is 847. The minimum atomic E-state index is -4.42. The van der Waals surface area contributed by atoms with Crippen LogP contribution in [0.5, 0.6) is 0 Å². The Balaban J connectivity index is 1.70. The molecule has 1 aliphatic heterocycles. The molecule has 1 saturated heterocycles. The highest BCUT2D eigenvalue weighted by Gasteiger charge is 2.30. The molecule has 27 heavy (non-hydrogen) atoms. The summed E-state index contributed by atoms with van der Waals surface area (Å²) in [6, 6.07) is 4.93. The molecule has 0 spiro atoms. The van der Waals surface area contributed by atoms with Crippen molar-refractivity contribution < 1.29 is 22.8 Å². The average Bonchev–Trinajstić information content (AvgIpc) is 3.09. The van der Waals surface area contributed by atoms with Crippen LogP contribution in [0, 0.1) is 5.92 Å². The number of aromatic nitrogens is 3. The molecule has 3 rings (SSSR count). The quantitative estimate of drug-likeness (QED) is 0.818. The number of hydrogen-bond acceptors (Lipinski definition) is 4. The number of nitrogens with zero attached hydrogens (tertiary/aromatic N) is 4. The number of Topliss-reactive ketones (excluding diaryl/α,β-unsaturated/α-hetero) is 1. The first-order chi connectivity index (χ1) is 12.7. The number of alkyl halides is 3. The standard InChI is InChI=1S/C18H19F3N4O2/c1-12(26)14-5-3-7-24(10-14)17(27)16-11-25(23-22-16)9-13-4-2-6-15(8-13)18(19,20)21/h2,4,6,8,11,14H,3,5,7,9-10H2,1H3/t14-/m0/s1. The topological polar surface area (TPSA) is 68.1 Å². The fourth-order valence-corrected chi connectivity index (χ4v) is 3.16. The monoisotopic (exact) mass is 380 g/mol. The Kier molecular flexibility index (Phi) is 5.29. The van der Waals surface area contributed by atoms with Crippen LogP contribution in [0.15, 0.2) is 30.5 Å². The van der Waals surface area contributed by atoms with Crippen molar-refractivity contribution in [1.29, 1.82) is 0 Å². The number of likely N-dealkylation sites (tertiary alicyclic amines) is 1. The molecule has 0 aliphatic carbocycles. The third-order valence-electron chi connectivity index (χ3n) is 4.64. The van der Waals surface area contributed by atoms with Gasteiger partial charge in [-0.25, -0.2) is 4.68 Å². The summed E-state index contributed by atoms with van der Waals surface area (Å²) in [4.78, 5) is 25.7. The minimum absolute atomic E-state index is 0.0562. The molecule has 6 nitrogen and oxygen atoms in total. The molecular weight excluding hydrogens is 361 g/mol. The molecule has 1 fully saturated rings. The zero-order valence-electron chi connectivity index (χ0n) is 14.7. The van der Waals surface area contributed by atoms with Gasteiger partial charge < -0.3 is 4.90 Å². The van der Waals surface area contributed by atoms with Gasteiger partial charge in [0.15, 0.2) is 5.69 Å². The first kappa shape index (κ1) is 19.1. The largest absolute Gasteiger partial charge is 0.416 e. The number of carbonyl (C=O) groups is 2. The van der Waals surface area contributed by atoms with Crippen LogP contribution in [0.3, 0.4) is 0 Å². The molecule has 9 heteroatoms. The van der Waals surface area contributed by atoms with Gasteiger partial charge in [-0.05, 0) is 37.5 Å². The molecule has 144 valence electrons. The van der Waals surface area contributed by atoms with Gasteiger partial charge in [0.2, 0.25) is 0 Å². The predicted molar refractivity (Wildman–Crippen MR) is 89.9 cm³/mol. The lowest BCUT2D eigenvalue weighted by Gasteiger charge is -2.30. The molecule has 2 heterocycles. The summed E-state index contributed by atoms with van der Waals surface area (Å²) in [6.07, 6.45) is -1.49. The third-order valence-corrected chi connectivity index (χ3v) is 4.64. The lowest BCUT2D eigenvalue weighted by molar-refractivity contribution is -0.137. The van der Waals surface area contributed by atoms with Crippen LogP contribution in [0.1, 0.15) is 41.4 Å². The number of piperidine rings is 1. The smallest absolute Gasteiger partial charge is 0.336 e. The van der Waals surface area contributed by atoms with E-state index in [-0.39, 0.29) is 29.8 Å². The lowest BCUT2D eigenvalue weighted by Crippen LogP contribution is -2.42. The summed E-state index contributed by atoms with van der Waals surface area (Å²) in [5.41, 5.74) is -0.213. The molecule has 1 aliphatic rings. The van der Waals surface area contributed by atoms with E-state index < -0.39 is 11.7 Å². The van der Waals surface area contributed by atoms with E-state index >= 15 is 0 Å². The number of halogens is 3. The van der Waals surface area contributed by atoms with Crippen molar-refractivity contribution in [3.8, 4) is 0 Å². The fourth-order valence-electron chi connectivity index (χ4n) is 3.16. The highest BCUT2D eigenvalue weighted by Crippen LogP contribution is 2.29. The second-order valence-electron chi connectivity index (χ2n) is 6.70. The Labute approximate surface area is 154 Å². The summed E-state index contributed by atoms with van der Waals surface area (Å²) in [5, 5.41) is 7.69. The van der Waals surface area contributed by atoms with Gasteiger partial charge in [-0.2, -0.15) is 13.2 Å². The SMILES string of the molecule is CC(=O)[C@H]1CCCN(C(=O)c2cn(Cc3cccc(C(F)(F)F)c3)nn2)C1. The molecule has 1 amide bonds. The number of ketones is 1. The molecule has 0 N–H and O–H groups in total. The highest BCUT2D eigenvalue weighted by atomic mass is 19.4.